The molecule has 2 N–H and O–H groups in total. The fourth-order valence-electron chi connectivity index (χ4n) is 3.90. The molecule has 6 nitrogen and oxygen atoms in total. The molecule has 0 aromatic carbocycles. The predicted octanol–water partition coefficient (Wildman–Crippen LogP) is 1.97. The van der Waals surface area contributed by atoms with Gasteiger partial charge < -0.3 is 15.2 Å². The molecule has 1 fully saturated rings. The zero-order valence-electron chi connectivity index (χ0n) is 14.1. The standard InChI is InChI=1S/C17H23N3O3/c1-10-11(2)23-19-13(10)15(22)20-6-5-17(9-20)7-12(18)14(21)16(3,4)8-17/h7H,5-6,8-9,18H2,1-4H3/t17-/m1/s1. The van der Waals surface area contributed by atoms with Crippen molar-refractivity contribution >= 4 is 11.7 Å². The van der Waals surface area contributed by atoms with Crippen LogP contribution in [-0.2, 0) is 4.79 Å². The Hall–Kier alpha value is -2.11. The third-order valence-corrected chi connectivity index (χ3v) is 5.16. The first-order chi connectivity index (χ1) is 10.7. The molecule has 23 heavy (non-hydrogen) atoms. The van der Waals surface area contributed by atoms with Crippen LogP contribution >= 0.6 is 0 Å². The molecule has 3 rings (SSSR count). The molecule has 1 aliphatic heterocycles. The van der Waals surface area contributed by atoms with Crippen LogP contribution in [-0.4, -0.2) is 34.8 Å². The highest BCUT2D eigenvalue weighted by Crippen LogP contribution is 2.47. The fraction of sp³-hybridized carbons (Fsp3) is 0.588. The summed E-state index contributed by atoms with van der Waals surface area (Å²) >= 11 is 0. The second-order valence-corrected chi connectivity index (χ2v) is 7.54. The van der Waals surface area contributed by atoms with Crippen LogP contribution in [0.3, 0.4) is 0 Å². The van der Waals surface area contributed by atoms with Crippen molar-refractivity contribution in [2.75, 3.05) is 13.1 Å². The van der Waals surface area contributed by atoms with E-state index in [1.165, 1.54) is 0 Å². The highest BCUT2D eigenvalue weighted by Gasteiger charge is 2.48. The van der Waals surface area contributed by atoms with E-state index < -0.39 is 5.41 Å². The van der Waals surface area contributed by atoms with Gasteiger partial charge in [0.25, 0.3) is 5.91 Å². The normalized spacial score (nSPS) is 26.7. The Morgan fingerprint density at radius 3 is 2.65 bits per heavy atom. The van der Waals surface area contributed by atoms with Gasteiger partial charge in [-0.15, -0.1) is 0 Å². The molecule has 6 heteroatoms. The highest BCUT2D eigenvalue weighted by molar-refractivity contribution is 6.00. The lowest BCUT2D eigenvalue weighted by Crippen LogP contribution is -2.42. The largest absolute Gasteiger partial charge is 0.396 e. The number of carbonyl (C=O) groups is 2. The van der Waals surface area contributed by atoms with Gasteiger partial charge in [-0.3, -0.25) is 9.59 Å². The Labute approximate surface area is 135 Å². The smallest absolute Gasteiger partial charge is 0.276 e. The Balaban J connectivity index is 1.85. The summed E-state index contributed by atoms with van der Waals surface area (Å²) in [5.74, 6) is 0.546. The van der Waals surface area contributed by atoms with E-state index in [-0.39, 0.29) is 17.1 Å². The van der Waals surface area contributed by atoms with Gasteiger partial charge in [-0.2, -0.15) is 0 Å². The van der Waals surface area contributed by atoms with E-state index in [4.69, 9.17) is 10.3 Å². The summed E-state index contributed by atoms with van der Waals surface area (Å²) in [6, 6.07) is 0. The van der Waals surface area contributed by atoms with Crippen LogP contribution in [0.2, 0.25) is 0 Å². The summed E-state index contributed by atoms with van der Waals surface area (Å²) in [6.45, 7) is 8.68. The highest BCUT2D eigenvalue weighted by atomic mass is 16.5. The number of hydrogen-bond acceptors (Lipinski definition) is 5. The number of rotatable bonds is 1. The van der Waals surface area contributed by atoms with Gasteiger partial charge in [0.1, 0.15) is 5.76 Å². The minimum atomic E-state index is -0.488. The third-order valence-electron chi connectivity index (χ3n) is 5.16. The number of nitrogens with zero attached hydrogens (tertiary/aromatic N) is 2. The number of likely N-dealkylation sites (tertiary alicyclic amines) is 1. The van der Waals surface area contributed by atoms with Crippen molar-refractivity contribution in [3.8, 4) is 0 Å². The zero-order chi connectivity index (χ0) is 17.0. The molecule has 0 unspecified atom stereocenters. The molecular weight excluding hydrogens is 294 g/mol. The zero-order valence-corrected chi connectivity index (χ0v) is 14.1. The number of Topliss-reactive ketones (excluding diaryl/α,β-unsaturated/α-hetero) is 1. The van der Waals surface area contributed by atoms with Gasteiger partial charge in [0.2, 0.25) is 0 Å². The quantitative estimate of drug-likeness (QED) is 0.855. The van der Waals surface area contributed by atoms with E-state index in [1.807, 2.05) is 26.8 Å². The summed E-state index contributed by atoms with van der Waals surface area (Å²) in [6.07, 6.45) is 3.39. The number of ketones is 1. The van der Waals surface area contributed by atoms with E-state index in [0.29, 0.717) is 36.7 Å². The Bertz CT molecular complexity index is 717. The van der Waals surface area contributed by atoms with Crippen molar-refractivity contribution < 1.29 is 14.1 Å². The van der Waals surface area contributed by atoms with Gasteiger partial charge in [0, 0.05) is 29.5 Å². The van der Waals surface area contributed by atoms with Crippen molar-refractivity contribution in [1.82, 2.24) is 10.1 Å². The number of carbonyl (C=O) groups excluding carboxylic acids is 2. The molecule has 1 spiro atoms. The van der Waals surface area contributed by atoms with E-state index in [9.17, 15) is 9.59 Å². The lowest BCUT2D eigenvalue weighted by atomic mass is 9.65. The van der Waals surface area contributed by atoms with Crippen LogP contribution in [0.1, 0.15) is 48.5 Å². The summed E-state index contributed by atoms with van der Waals surface area (Å²) in [7, 11) is 0. The Kier molecular flexibility index (Phi) is 3.39. The average Bonchev–Trinajstić information content (AvgIpc) is 3.01. The number of amides is 1. The Morgan fingerprint density at radius 2 is 2.09 bits per heavy atom. The van der Waals surface area contributed by atoms with Crippen LogP contribution < -0.4 is 5.73 Å². The molecule has 1 aromatic rings. The number of hydrogen-bond donors (Lipinski definition) is 1. The minimum absolute atomic E-state index is 0.00382. The molecule has 1 aliphatic carbocycles. The van der Waals surface area contributed by atoms with Crippen molar-refractivity contribution in [2.45, 2.75) is 40.5 Å². The number of nitrogens with two attached hydrogens (primary N) is 1. The van der Waals surface area contributed by atoms with Gasteiger partial charge >= 0.3 is 0 Å². The lowest BCUT2D eigenvalue weighted by Gasteiger charge is -2.39. The molecule has 1 atom stereocenters. The summed E-state index contributed by atoms with van der Waals surface area (Å²) < 4.78 is 5.10. The monoisotopic (exact) mass is 317 g/mol. The molecule has 124 valence electrons. The SMILES string of the molecule is Cc1onc(C(=O)N2CC[C@]3(C=C(N)C(=O)C(C)(C)C3)C2)c1C. The van der Waals surface area contributed by atoms with Crippen LogP contribution in [0.15, 0.2) is 16.3 Å². The third kappa shape index (κ3) is 2.46. The van der Waals surface area contributed by atoms with E-state index in [2.05, 4.69) is 5.16 Å². The summed E-state index contributed by atoms with van der Waals surface area (Å²) in [5.41, 5.74) is 6.73. The van der Waals surface area contributed by atoms with Gasteiger partial charge in [0.15, 0.2) is 11.5 Å². The molecule has 1 aromatic heterocycles. The van der Waals surface area contributed by atoms with Crippen molar-refractivity contribution in [1.29, 1.82) is 0 Å². The van der Waals surface area contributed by atoms with E-state index in [1.54, 1.807) is 11.8 Å². The van der Waals surface area contributed by atoms with E-state index >= 15 is 0 Å². The van der Waals surface area contributed by atoms with Crippen LogP contribution in [0.4, 0.5) is 0 Å². The van der Waals surface area contributed by atoms with E-state index in [0.717, 1.165) is 12.0 Å². The van der Waals surface area contributed by atoms with Gasteiger partial charge in [0.05, 0.1) is 5.70 Å². The maximum atomic E-state index is 12.7. The van der Waals surface area contributed by atoms with Gasteiger partial charge in [-0.25, -0.2) is 0 Å². The Morgan fingerprint density at radius 1 is 1.39 bits per heavy atom. The molecular formula is C17H23N3O3. The first kappa shape index (κ1) is 15.8. The van der Waals surface area contributed by atoms with Gasteiger partial charge in [-0.1, -0.05) is 19.0 Å². The predicted molar refractivity (Wildman–Crippen MR) is 84.6 cm³/mol. The van der Waals surface area contributed by atoms with Crippen molar-refractivity contribution in [2.24, 2.45) is 16.6 Å². The maximum absolute atomic E-state index is 12.7. The van der Waals surface area contributed by atoms with Crippen LogP contribution in [0, 0.1) is 24.7 Å². The molecule has 0 saturated carbocycles. The number of aryl methyl sites for hydroxylation is 1. The lowest BCUT2D eigenvalue weighted by molar-refractivity contribution is -0.125. The number of aromatic nitrogens is 1. The van der Waals surface area contributed by atoms with Gasteiger partial charge in [-0.05, 0) is 32.8 Å². The minimum Gasteiger partial charge on any atom is -0.396 e. The van der Waals surface area contributed by atoms with Crippen molar-refractivity contribution in [3.05, 3.63) is 28.8 Å². The second-order valence-electron chi connectivity index (χ2n) is 7.54. The fourth-order valence-corrected chi connectivity index (χ4v) is 3.90. The summed E-state index contributed by atoms with van der Waals surface area (Å²) in [5, 5.41) is 3.89. The molecule has 1 amide bonds. The molecule has 2 aliphatic rings. The number of allylic oxidation sites excluding steroid dienone is 1. The second kappa shape index (κ2) is 4.94. The molecule has 0 radical (unpaired) electrons. The average molecular weight is 317 g/mol. The van der Waals surface area contributed by atoms with Crippen LogP contribution in [0.25, 0.3) is 0 Å². The molecule has 1 saturated heterocycles. The molecule has 0 bridgehead atoms. The van der Waals surface area contributed by atoms with Crippen LogP contribution in [0.5, 0.6) is 0 Å². The topological polar surface area (TPSA) is 89.4 Å². The summed E-state index contributed by atoms with van der Waals surface area (Å²) in [4.78, 5) is 26.7. The van der Waals surface area contributed by atoms with Crippen molar-refractivity contribution in [3.63, 3.8) is 0 Å². The maximum Gasteiger partial charge on any atom is 0.276 e. The first-order valence-corrected chi connectivity index (χ1v) is 7.90. The molecule has 2 heterocycles. The first-order valence-electron chi connectivity index (χ1n) is 7.90.